The maximum absolute atomic E-state index is 11.8. The van der Waals surface area contributed by atoms with E-state index in [4.69, 9.17) is 9.47 Å². The van der Waals surface area contributed by atoms with E-state index in [9.17, 15) is 14.9 Å². The number of Topliss-reactive ketones (excluding diaryl/α,β-unsaturated/α-hetero) is 1. The van der Waals surface area contributed by atoms with Gasteiger partial charge in [-0.2, -0.15) is 0 Å². The molecular formula is C13H15NO5. The molecule has 1 aromatic carbocycles. The van der Waals surface area contributed by atoms with Crippen molar-refractivity contribution in [1.29, 1.82) is 0 Å². The van der Waals surface area contributed by atoms with Crippen LogP contribution in [-0.4, -0.2) is 37.1 Å². The first-order valence-electron chi connectivity index (χ1n) is 6.10. The standard InChI is InChI=1S/C13H15NO5/c15-13(9-19-8-10-4-5-18-7-10)11-2-1-3-12(6-11)14(16)17/h1-3,6,10H,4-5,7-9H2. The second-order valence-electron chi connectivity index (χ2n) is 4.48. The molecule has 0 bridgehead atoms. The Labute approximate surface area is 110 Å². The van der Waals surface area contributed by atoms with Gasteiger partial charge in [-0.15, -0.1) is 0 Å². The van der Waals surface area contributed by atoms with E-state index in [0.717, 1.165) is 13.0 Å². The summed E-state index contributed by atoms with van der Waals surface area (Å²) in [6.07, 6.45) is 0.949. The summed E-state index contributed by atoms with van der Waals surface area (Å²) in [5.74, 6) is 0.0977. The summed E-state index contributed by atoms with van der Waals surface area (Å²) in [5, 5.41) is 10.6. The average molecular weight is 265 g/mol. The van der Waals surface area contributed by atoms with Gasteiger partial charge in [-0.25, -0.2) is 0 Å². The van der Waals surface area contributed by atoms with E-state index < -0.39 is 4.92 Å². The van der Waals surface area contributed by atoms with Gasteiger partial charge in [0.25, 0.3) is 5.69 Å². The molecule has 0 amide bonds. The molecule has 1 fully saturated rings. The monoisotopic (exact) mass is 265 g/mol. The summed E-state index contributed by atoms with van der Waals surface area (Å²) >= 11 is 0. The van der Waals surface area contributed by atoms with Crippen LogP contribution in [0.5, 0.6) is 0 Å². The van der Waals surface area contributed by atoms with Crippen LogP contribution in [0.2, 0.25) is 0 Å². The van der Waals surface area contributed by atoms with Gasteiger partial charge in [0.15, 0.2) is 5.78 Å². The highest BCUT2D eigenvalue weighted by atomic mass is 16.6. The third-order valence-electron chi connectivity index (χ3n) is 2.99. The maximum Gasteiger partial charge on any atom is 0.270 e. The number of ketones is 1. The molecule has 0 saturated carbocycles. The van der Waals surface area contributed by atoms with Gasteiger partial charge >= 0.3 is 0 Å². The maximum atomic E-state index is 11.8. The first-order valence-corrected chi connectivity index (χ1v) is 6.10. The van der Waals surface area contributed by atoms with E-state index in [1.165, 1.54) is 18.2 Å². The highest BCUT2D eigenvalue weighted by Gasteiger charge is 2.17. The summed E-state index contributed by atoms with van der Waals surface area (Å²) in [4.78, 5) is 21.9. The number of hydrogen-bond acceptors (Lipinski definition) is 5. The van der Waals surface area contributed by atoms with Gasteiger partial charge in [-0.1, -0.05) is 12.1 Å². The molecule has 0 radical (unpaired) electrons. The summed E-state index contributed by atoms with van der Waals surface area (Å²) in [5.41, 5.74) is 0.215. The molecule has 1 unspecified atom stereocenters. The third kappa shape index (κ3) is 3.84. The SMILES string of the molecule is O=C(COCC1CCOC1)c1cccc([N+](=O)[O-])c1. The molecule has 0 aliphatic carbocycles. The number of carbonyl (C=O) groups excluding carboxylic acids is 1. The van der Waals surface area contributed by atoms with Crippen LogP contribution in [0.1, 0.15) is 16.8 Å². The summed E-state index contributed by atoms with van der Waals surface area (Å²) in [6, 6.07) is 5.67. The molecule has 6 nitrogen and oxygen atoms in total. The van der Waals surface area contributed by atoms with E-state index in [-0.39, 0.29) is 18.1 Å². The molecule has 0 spiro atoms. The van der Waals surface area contributed by atoms with Crippen LogP contribution in [0.3, 0.4) is 0 Å². The van der Waals surface area contributed by atoms with Crippen LogP contribution in [0.15, 0.2) is 24.3 Å². The van der Waals surface area contributed by atoms with Crippen molar-refractivity contribution in [1.82, 2.24) is 0 Å². The Morgan fingerprint density at radius 2 is 2.37 bits per heavy atom. The molecule has 2 rings (SSSR count). The zero-order valence-electron chi connectivity index (χ0n) is 10.4. The number of nitro benzene ring substituents is 1. The fourth-order valence-electron chi connectivity index (χ4n) is 1.91. The van der Waals surface area contributed by atoms with Crippen molar-refractivity contribution in [2.24, 2.45) is 5.92 Å². The number of nitro groups is 1. The Bertz CT molecular complexity index is 468. The number of nitrogens with zero attached hydrogens (tertiary/aromatic N) is 1. The fraction of sp³-hybridized carbons (Fsp3) is 0.462. The topological polar surface area (TPSA) is 78.7 Å². The Morgan fingerprint density at radius 3 is 3.05 bits per heavy atom. The minimum absolute atomic E-state index is 0.0579. The molecule has 1 saturated heterocycles. The molecule has 1 aliphatic rings. The second-order valence-corrected chi connectivity index (χ2v) is 4.48. The average Bonchev–Trinajstić information content (AvgIpc) is 2.92. The predicted molar refractivity (Wildman–Crippen MR) is 67.2 cm³/mol. The largest absolute Gasteiger partial charge is 0.381 e. The predicted octanol–water partition coefficient (Wildman–Crippen LogP) is 1.83. The quantitative estimate of drug-likeness (QED) is 0.445. The molecule has 1 atom stereocenters. The summed E-state index contributed by atoms with van der Waals surface area (Å²) < 4.78 is 10.5. The molecule has 1 aliphatic heterocycles. The van der Waals surface area contributed by atoms with Crippen molar-refractivity contribution in [2.45, 2.75) is 6.42 Å². The molecule has 1 heterocycles. The van der Waals surface area contributed by atoms with Gasteiger partial charge in [-0.3, -0.25) is 14.9 Å². The first-order chi connectivity index (χ1) is 9.16. The van der Waals surface area contributed by atoms with Crippen molar-refractivity contribution in [3.05, 3.63) is 39.9 Å². The van der Waals surface area contributed by atoms with E-state index in [1.54, 1.807) is 6.07 Å². The molecule has 0 N–H and O–H groups in total. The lowest BCUT2D eigenvalue weighted by atomic mass is 10.1. The lowest BCUT2D eigenvalue weighted by Gasteiger charge is -2.08. The first kappa shape index (κ1) is 13.6. The molecule has 1 aromatic rings. The molecular weight excluding hydrogens is 250 g/mol. The second kappa shape index (κ2) is 6.40. The number of benzene rings is 1. The van der Waals surface area contributed by atoms with Crippen molar-refractivity contribution in [2.75, 3.05) is 26.4 Å². The van der Waals surface area contributed by atoms with Crippen molar-refractivity contribution in [3.8, 4) is 0 Å². The van der Waals surface area contributed by atoms with Crippen molar-refractivity contribution in [3.63, 3.8) is 0 Å². The van der Waals surface area contributed by atoms with Crippen LogP contribution in [0.4, 0.5) is 5.69 Å². The van der Waals surface area contributed by atoms with Crippen LogP contribution in [0, 0.1) is 16.0 Å². The summed E-state index contributed by atoms with van der Waals surface area (Å²) in [6.45, 7) is 1.84. The lowest BCUT2D eigenvalue weighted by molar-refractivity contribution is -0.384. The van der Waals surface area contributed by atoms with Crippen LogP contribution >= 0.6 is 0 Å². The normalized spacial score (nSPS) is 18.4. The molecule has 19 heavy (non-hydrogen) atoms. The third-order valence-corrected chi connectivity index (χ3v) is 2.99. The van der Waals surface area contributed by atoms with Gasteiger partial charge < -0.3 is 9.47 Å². The number of hydrogen-bond donors (Lipinski definition) is 0. The van der Waals surface area contributed by atoms with E-state index in [0.29, 0.717) is 24.7 Å². The molecule has 102 valence electrons. The minimum atomic E-state index is -0.520. The van der Waals surface area contributed by atoms with Crippen LogP contribution in [-0.2, 0) is 9.47 Å². The Kier molecular flexibility index (Phi) is 4.59. The zero-order valence-corrected chi connectivity index (χ0v) is 10.4. The Morgan fingerprint density at radius 1 is 1.53 bits per heavy atom. The Balaban J connectivity index is 1.85. The number of rotatable bonds is 6. The van der Waals surface area contributed by atoms with Gasteiger partial charge in [0.2, 0.25) is 0 Å². The highest BCUT2D eigenvalue weighted by Crippen LogP contribution is 2.15. The molecule has 6 heteroatoms. The lowest BCUT2D eigenvalue weighted by Crippen LogP contribution is -2.15. The van der Waals surface area contributed by atoms with E-state index >= 15 is 0 Å². The van der Waals surface area contributed by atoms with Crippen LogP contribution in [0.25, 0.3) is 0 Å². The van der Waals surface area contributed by atoms with Crippen molar-refractivity contribution >= 4 is 11.5 Å². The summed E-state index contributed by atoms with van der Waals surface area (Å²) in [7, 11) is 0. The Hall–Kier alpha value is -1.79. The van der Waals surface area contributed by atoms with Gasteiger partial charge in [0.1, 0.15) is 6.61 Å². The highest BCUT2D eigenvalue weighted by molar-refractivity contribution is 5.97. The van der Waals surface area contributed by atoms with E-state index in [2.05, 4.69) is 0 Å². The minimum Gasteiger partial charge on any atom is -0.381 e. The zero-order chi connectivity index (χ0) is 13.7. The fourth-order valence-corrected chi connectivity index (χ4v) is 1.91. The molecule has 0 aromatic heterocycles. The number of carbonyl (C=O) groups is 1. The van der Waals surface area contributed by atoms with E-state index in [1.807, 2.05) is 0 Å². The van der Waals surface area contributed by atoms with Crippen LogP contribution < -0.4 is 0 Å². The van der Waals surface area contributed by atoms with Crippen molar-refractivity contribution < 1.29 is 19.2 Å². The number of ether oxygens (including phenoxy) is 2. The number of non-ortho nitro benzene ring substituents is 1. The smallest absolute Gasteiger partial charge is 0.270 e. The van der Waals surface area contributed by atoms with Gasteiger partial charge in [0.05, 0.1) is 18.1 Å². The van der Waals surface area contributed by atoms with Gasteiger partial charge in [-0.05, 0) is 6.42 Å². The van der Waals surface area contributed by atoms with Gasteiger partial charge in [0, 0.05) is 30.2 Å².